The highest BCUT2D eigenvalue weighted by Crippen LogP contribution is 2.18. The van der Waals surface area contributed by atoms with E-state index in [1.54, 1.807) is 13.0 Å². The van der Waals surface area contributed by atoms with Gasteiger partial charge in [0.1, 0.15) is 0 Å². The predicted octanol–water partition coefficient (Wildman–Crippen LogP) is 2.07. The molecular formula is C19H28N2O4. The van der Waals surface area contributed by atoms with Crippen LogP contribution in [0.3, 0.4) is 0 Å². The number of hydrogen-bond donors (Lipinski definition) is 1. The second-order valence-electron chi connectivity index (χ2n) is 5.59. The molecule has 0 saturated carbocycles. The van der Waals surface area contributed by atoms with Crippen molar-refractivity contribution in [1.29, 1.82) is 0 Å². The first kappa shape index (κ1) is 20.7. The molecule has 0 aliphatic carbocycles. The summed E-state index contributed by atoms with van der Waals surface area (Å²) in [6.07, 6.45) is 0.826. The van der Waals surface area contributed by atoms with Crippen LogP contribution in [0.25, 0.3) is 0 Å². The van der Waals surface area contributed by atoms with Crippen molar-refractivity contribution < 1.29 is 19.1 Å². The zero-order valence-electron chi connectivity index (χ0n) is 15.3. The van der Waals surface area contributed by atoms with E-state index in [1.165, 1.54) is 5.56 Å². The Labute approximate surface area is 149 Å². The maximum absolute atomic E-state index is 11.8. The summed E-state index contributed by atoms with van der Waals surface area (Å²) in [5.41, 5.74) is 2.34. The van der Waals surface area contributed by atoms with Crippen LogP contribution in [0.1, 0.15) is 19.4 Å². The molecule has 1 unspecified atom stereocenters. The number of likely N-dealkylation sites (N-methyl/N-ethyl adjacent to an activating group) is 1. The van der Waals surface area contributed by atoms with Gasteiger partial charge < -0.3 is 19.7 Å². The van der Waals surface area contributed by atoms with Crippen molar-refractivity contribution in [2.24, 2.45) is 0 Å². The summed E-state index contributed by atoms with van der Waals surface area (Å²) in [6.45, 7) is 11.2. The molecule has 1 aromatic rings. The molecule has 0 radical (unpaired) electrons. The number of nitrogens with zero attached hydrogens (tertiary/aromatic N) is 1. The van der Waals surface area contributed by atoms with Crippen LogP contribution in [0.2, 0.25) is 0 Å². The van der Waals surface area contributed by atoms with Crippen molar-refractivity contribution in [3.05, 3.63) is 42.5 Å². The summed E-state index contributed by atoms with van der Waals surface area (Å²) in [6, 6.07) is 8.12. The normalized spacial score (nSPS) is 11.5. The summed E-state index contributed by atoms with van der Waals surface area (Å²) < 4.78 is 10.1. The molecule has 0 fully saturated rings. The Balaban J connectivity index is 2.33. The first-order chi connectivity index (χ1) is 12.0. The van der Waals surface area contributed by atoms with Crippen LogP contribution < -0.4 is 10.2 Å². The number of ether oxygens (including phenoxy) is 2. The highest BCUT2D eigenvalue weighted by molar-refractivity contribution is 5.81. The molecular weight excluding hydrogens is 320 g/mol. The molecule has 1 amide bonds. The molecule has 0 spiro atoms. The third-order valence-corrected chi connectivity index (χ3v) is 3.68. The Morgan fingerprint density at radius 3 is 2.72 bits per heavy atom. The SMILES string of the molecule is C=CCOC(C)C(=O)OCC(=O)NCCN(CC)c1ccccc1C. The average Bonchev–Trinajstić information content (AvgIpc) is 2.62. The fourth-order valence-electron chi connectivity index (χ4n) is 2.28. The van der Waals surface area contributed by atoms with Crippen LogP contribution in [0, 0.1) is 6.92 Å². The Morgan fingerprint density at radius 2 is 2.08 bits per heavy atom. The number of amides is 1. The molecule has 0 aliphatic rings. The van der Waals surface area contributed by atoms with E-state index in [4.69, 9.17) is 9.47 Å². The lowest BCUT2D eigenvalue weighted by atomic mass is 10.2. The van der Waals surface area contributed by atoms with Crippen molar-refractivity contribution in [3.8, 4) is 0 Å². The van der Waals surface area contributed by atoms with Crippen LogP contribution in [-0.2, 0) is 19.1 Å². The van der Waals surface area contributed by atoms with Gasteiger partial charge in [-0.15, -0.1) is 6.58 Å². The summed E-state index contributed by atoms with van der Waals surface area (Å²) in [4.78, 5) is 25.6. The number of carbonyl (C=O) groups excluding carboxylic acids is 2. The zero-order chi connectivity index (χ0) is 18.7. The van der Waals surface area contributed by atoms with Gasteiger partial charge in [-0.25, -0.2) is 4.79 Å². The lowest BCUT2D eigenvalue weighted by Crippen LogP contribution is -2.37. The van der Waals surface area contributed by atoms with Gasteiger partial charge >= 0.3 is 5.97 Å². The maximum Gasteiger partial charge on any atom is 0.335 e. The molecule has 6 nitrogen and oxygen atoms in total. The third-order valence-electron chi connectivity index (χ3n) is 3.68. The van der Waals surface area contributed by atoms with Crippen molar-refractivity contribution in [2.75, 3.05) is 37.7 Å². The van der Waals surface area contributed by atoms with Crippen LogP contribution >= 0.6 is 0 Å². The lowest BCUT2D eigenvalue weighted by molar-refractivity contribution is -0.158. The van der Waals surface area contributed by atoms with E-state index >= 15 is 0 Å². The summed E-state index contributed by atoms with van der Waals surface area (Å²) in [5, 5.41) is 2.76. The molecule has 0 aromatic heterocycles. The van der Waals surface area contributed by atoms with Crippen LogP contribution in [0.15, 0.2) is 36.9 Å². The van der Waals surface area contributed by atoms with E-state index in [0.717, 1.165) is 12.2 Å². The van der Waals surface area contributed by atoms with E-state index in [2.05, 4.69) is 42.8 Å². The van der Waals surface area contributed by atoms with Crippen LogP contribution in [0.4, 0.5) is 5.69 Å². The van der Waals surface area contributed by atoms with Gasteiger partial charge in [-0.05, 0) is 32.4 Å². The van der Waals surface area contributed by atoms with Gasteiger partial charge in [-0.1, -0.05) is 24.3 Å². The molecule has 0 bridgehead atoms. The number of aryl methyl sites for hydroxylation is 1. The molecule has 1 atom stereocenters. The number of esters is 1. The second-order valence-corrected chi connectivity index (χ2v) is 5.59. The zero-order valence-corrected chi connectivity index (χ0v) is 15.3. The number of nitrogens with one attached hydrogen (secondary N) is 1. The van der Waals surface area contributed by atoms with E-state index in [-0.39, 0.29) is 19.1 Å². The summed E-state index contributed by atoms with van der Waals surface area (Å²) in [5.74, 6) is -0.891. The number of rotatable bonds is 11. The molecule has 1 aromatic carbocycles. The van der Waals surface area contributed by atoms with Gasteiger partial charge in [0.25, 0.3) is 5.91 Å². The third kappa shape index (κ3) is 7.39. The monoisotopic (exact) mass is 348 g/mol. The number of anilines is 1. The topological polar surface area (TPSA) is 67.9 Å². The Hall–Kier alpha value is -2.34. The highest BCUT2D eigenvalue weighted by atomic mass is 16.6. The summed E-state index contributed by atoms with van der Waals surface area (Å²) in [7, 11) is 0. The molecule has 0 heterocycles. The number of hydrogen-bond acceptors (Lipinski definition) is 5. The molecule has 0 saturated heterocycles. The first-order valence-corrected chi connectivity index (χ1v) is 8.46. The minimum atomic E-state index is -0.720. The lowest BCUT2D eigenvalue weighted by Gasteiger charge is -2.25. The summed E-state index contributed by atoms with van der Waals surface area (Å²) >= 11 is 0. The van der Waals surface area contributed by atoms with Crippen molar-refractivity contribution in [3.63, 3.8) is 0 Å². The number of para-hydroxylation sites is 1. The van der Waals surface area contributed by atoms with Gasteiger partial charge in [0.2, 0.25) is 0 Å². The van der Waals surface area contributed by atoms with E-state index in [9.17, 15) is 9.59 Å². The molecule has 138 valence electrons. The van der Waals surface area contributed by atoms with Gasteiger partial charge in [0, 0.05) is 25.3 Å². The van der Waals surface area contributed by atoms with Crippen molar-refractivity contribution in [1.82, 2.24) is 5.32 Å². The van der Waals surface area contributed by atoms with Crippen LogP contribution in [0.5, 0.6) is 0 Å². The Morgan fingerprint density at radius 1 is 1.36 bits per heavy atom. The fourth-order valence-corrected chi connectivity index (χ4v) is 2.28. The standard InChI is InChI=1S/C19H28N2O4/c1-5-13-24-16(4)19(23)25-14-18(22)20-11-12-21(6-2)17-10-8-7-9-15(17)3/h5,7-10,16H,1,6,11-14H2,2-4H3,(H,20,22). The Bertz CT molecular complexity index is 574. The maximum atomic E-state index is 11.8. The molecule has 1 N–H and O–H groups in total. The Kier molecular flexibility index (Phi) is 9.32. The fraction of sp³-hybridized carbons (Fsp3) is 0.474. The quantitative estimate of drug-likeness (QED) is 0.490. The molecule has 25 heavy (non-hydrogen) atoms. The van der Waals surface area contributed by atoms with Crippen LogP contribution in [-0.4, -0.2) is 50.8 Å². The van der Waals surface area contributed by atoms with Gasteiger partial charge in [0.05, 0.1) is 6.61 Å². The van der Waals surface area contributed by atoms with Gasteiger partial charge in [0.15, 0.2) is 12.7 Å². The van der Waals surface area contributed by atoms with Crippen molar-refractivity contribution >= 4 is 17.6 Å². The van der Waals surface area contributed by atoms with Gasteiger partial charge in [-0.3, -0.25) is 4.79 Å². The largest absolute Gasteiger partial charge is 0.454 e. The second kappa shape index (κ2) is 11.3. The van der Waals surface area contributed by atoms with E-state index in [1.807, 2.05) is 12.1 Å². The smallest absolute Gasteiger partial charge is 0.335 e. The minimum Gasteiger partial charge on any atom is -0.454 e. The predicted molar refractivity (Wildman–Crippen MR) is 98.6 cm³/mol. The van der Waals surface area contributed by atoms with E-state index < -0.39 is 12.1 Å². The first-order valence-electron chi connectivity index (χ1n) is 8.46. The highest BCUT2D eigenvalue weighted by Gasteiger charge is 2.16. The molecule has 1 rings (SSSR count). The van der Waals surface area contributed by atoms with E-state index in [0.29, 0.717) is 13.1 Å². The van der Waals surface area contributed by atoms with Crippen molar-refractivity contribution in [2.45, 2.75) is 26.9 Å². The average molecular weight is 348 g/mol. The number of carbonyl (C=O) groups is 2. The number of benzene rings is 1. The minimum absolute atomic E-state index is 0.258. The van der Waals surface area contributed by atoms with Gasteiger partial charge in [-0.2, -0.15) is 0 Å². The molecule has 6 heteroatoms. The molecule has 0 aliphatic heterocycles.